The zero-order valence-corrected chi connectivity index (χ0v) is 15.4. The molecule has 2 aliphatic rings. The van der Waals surface area contributed by atoms with Crippen molar-refractivity contribution in [2.45, 2.75) is 45.2 Å². The number of benzene rings is 1. The molecule has 1 aromatic carbocycles. The molecule has 1 saturated carbocycles. The molecule has 134 valence electrons. The van der Waals surface area contributed by atoms with Crippen LogP contribution in [0.15, 0.2) is 18.2 Å². The van der Waals surface area contributed by atoms with Gasteiger partial charge in [0.05, 0.1) is 14.2 Å². The Morgan fingerprint density at radius 1 is 1.21 bits per heavy atom. The lowest BCUT2D eigenvalue weighted by Gasteiger charge is -2.34. The molecule has 3 rings (SSSR count). The molecule has 1 saturated heterocycles. The Balaban J connectivity index is 1.72. The van der Waals surface area contributed by atoms with Crippen LogP contribution in [0.5, 0.6) is 11.5 Å². The fraction of sp³-hybridized carbons (Fsp3) is 0.700. The van der Waals surface area contributed by atoms with Crippen LogP contribution in [-0.4, -0.2) is 44.8 Å². The van der Waals surface area contributed by atoms with Crippen LogP contribution in [0.4, 0.5) is 0 Å². The Bertz CT molecular complexity index is 524. The average Bonchev–Trinajstić information content (AvgIpc) is 3.46. The third kappa shape index (κ3) is 4.42. The predicted octanol–water partition coefficient (Wildman–Crippen LogP) is 3.30. The van der Waals surface area contributed by atoms with Crippen LogP contribution >= 0.6 is 0 Å². The van der Waals surface area contributed by atoms with Gasteiger partial charge in [0.25, 0.3) is 0 Å². The lowest BCUT2D eigenvalue weighted by atomic mass is 9.97. The Hall–Kier alpha value is -1.26. The van der Waals surface area contributed by atoms with Crippen molar-refractivity contribution in [2.24, 2.45) is 11.8 Å². The van der Waals surface area contributed by atoms with E-state index in [0.717, 1.165) is 36.4 Å². The molecular formula is C20H32N2O2. The molecule has 0 radical (unpaired) electrons. The molecule has 0 spiro atoms. The van der Waals surface area contributed by atoms with E-state index in [0.29, 0.717) is 6.04 Å². The average molecular weight is 332 g/mol. The van der Waals surface area contributed by atoms with Gasteiger partial charge in [-0.15, -0.1) is 0 Å². The van der Waals surface area contributed by atoms with Crippen molar-refractivity contribution in [3.05, 3.63) is 23.8 Å². The Kier molecular flexibility index (Phi) is 6.01. The van der Waals surface area contributed by atoms with Crippen LogP contribution in [0.25, 0.3) is 0 Å². The molecule has 1 aliphatic heterocycles. The summed E-state index contributed by atoms with van der Waals surface area (Å²) in [6, 6.07) is 6.85. The molecule has 1 aliphatic carbocycles. The summed E-state index contributed by atoms with van der Waals surface area (Å²) in [7, 11) is 3.45. The van der Waals surface area contributed by atoms with Crippen LogP contribution in [0.3, 0.4) is 0 Å². The highest BCUT2D eigenvalue weighted by Crippen LogP contribution is 2.37. The van der Waals surface area contributed by atoms with Gasteiger partial charge in [-0.05, 0) is 63.6 Å². The minimum Gasteiger partial charge on any atom is -0.497 e. The smallest absolute Gasteiger partial charge is 0.127 e. The summed E-state index contributed by atoms with van der Waals surface area (Å²) in [5.41, 5.74) is 1.26. The monoisotopic (exact) mass is 332 g/mol. The minimum absolute atomic E-state index is 0.652. The van der Waals surface area contributed by atoms with Crippen LogP contribution < -0.4 is 14.8 Å². The zero-order chi connectivity index (χ0) is 16.9. The molecule has 0 amide bonds. The quantitative estimate of drug-likeness (QED) is 0.792. The van der Waals surface area contributed by atoms with E-state index in [1.54, 1.807) is 14.2 Å². The molecule has 2 unspecified atom stereocenters. The van der Waals surface area contributed by atoms with Gasteiger partial charge in [-0.3, -0.25) is 4.90 Å². The van der Waals surface area contributed by atoms with Crippen molar-refractivity contribution in [1.29, 1.82) is 0 Å². The van der Waals surface area contributed by atoms with Gasteiger partial charge in [0.2, 0.25) is 0 Å². The maximum Gasteiger partial charge on any atom is 0.127 e. The Labute approximate surface area is 146 Å². The number of hydrogen-bond acceptors (Lipinski definition) is 4. The lowest BCUT2D eigenvalue weighted by Crippen LogP contribution is -2.42. The highest BCUT2D eigenvalue weighted by Gasteiger charge is 2.33. The van der Waals surface area contributed by atoms with Crippen molar-refractivity contribution >= 4 is 0 Å². The molecule has 4 nitrogen and oxygen atoms in total. The number of rotatable bonds is 8. The number of piperidine rings is 1. The number of methoxy groups -OCH3 is 2. The third-order valence-electron chi connectivity index (χ3n) is 5.64. The molecule has 2 atom stereocenters. The molecular weight excluding hydrogens is 300 g/mol. The first-order valence-corrected chi connectivity index (χ1v) is 9.37. The first-order chi connectivity index (χ1) is 11.7. The molecule has 4 heteroatoms. The molecule has 0 aromatic heterocycles. The second kappa shape index (κ2) is 8.21. The summed E-state index contributed by atoms with van der Waals surface area (Å²) < 4.78 is 10.9. The Morgan fingerprint density at radius 3 is 2.67 bits per heavy atom. The minimum atomic E-state index is 0.652. The van der Waals surface area contributed by atoms with Crippen LogP contribution in [-0.2, 0) is 6.54 Å². The maximum atomic E-state index is 5.62. The summed E-state index contributed by atoms with van der Waals surface area (Å²) in [6.45, 7) is 6.89. The van der Waals surface area contributed by atoms with E-state index < -0.39 is 0 Å². The SMILES string of the molecule is COc1ccc(CN(CC2CCCNC2)C(C)C2CC2)c(OC)c1. The number of ether oxygens (including phenoxy) is 2. The molecule has 1 heterocycles. The van der Waals surface area contributed by atoms with Crippen molar-refractivity contribution < 1.29 is 9.47 Å². The largest absolute Gasteiger partial charge is 0.497 e. The van der Waals surface area contributed by atoms with Gasteiger partial charge in [-0.25, -0.2) is 0 Å². The van der Waals surface area contributed by atoms with Gasteiger partial charge in [0, 0.05) is 30.8 Å². The van der Waals surface area contributed by atoms with E-state index in [1.165, 1.54) is 44.3 Å². The summed E-state index contributed by atoms with van der Waals surface area (Å²) in [6.07, 6.45) is 5.43. The normalized spacial score (nSPS) is 22.4. The molecule has 1 N–H and O–H groups in total. The van der Waals surface area contributed by atoms with Crippen molar-refractivity contribution in [3.63, 3.8) is 0 Å². The van der Waals surface area contributed by atoms with Gasteiger partial charge in [-0.1, -0.05) is 6.07 Å². The second-order valence-corrected chi connectivity index (χ2v) is 7.40. The van der Waals surface area contributed by atoms with E-state index in [9.17, 15) is 0 Å². The summed E-state index contributed by atoms with van der Waals surface area (Å²) in [4.78, 5) is 2.68. The van der Waals surface area contributed by atoms with Gasteiger partial charge < -0.3 is 14.8 Å². The predicted molar refractivity (Wildman–Crippen MR) is 97.7 cm³/mol. The van der Waals surface area contributed by atoms with Gasteiger partial charge in [-0.2, -0.15) is 0 Å². The van der Waals surface area contributed by atoms with Crippen molar-refractivity contribution in [3.8, 4) is 11.5 Å². The standard InChI is InChI=1S/C20H32N2O2/c1-15(17-6-7-17)22(13-16-5-4-10-21-12-16)14-18-8-9-19(23-2)11-20(18)24-3/h8-9,11,15-17,21H,4-7,10,12-14H2,1-3H3. The van der Waals surface area contributed by atoms with E-state index in [2.05, 4.69) is 23.2 Å². The van der Waals surface area contributed by atoms with Crippen molar-refractivity contribution in [1.82, 2.24) is 10.2 Å². The van der Waals surface area contributed by atoms with Crippen LogP contribution in [0.2, 0.25) is 0 Å². The van der Waals surface area contributed by atoms with E-state index in [4.69, 9.17) is 9.47 Å². The topological polar surface area (TPSA) is 33.7 Å². The molecule has 0 bridgehead atoms. The van der Waals surface area contributed by atoms with Crippen molar-refractivity contribution in [2.75, 3.05) is 33.9 Å². The van der Waals surface area contributed by atoms with E-state index in [1.807, 2.05) is 12.1 Å². The van der Waals surface area contributed by atoms with Gasteiger partial charge in [0.15, 0.2) is 0 Å². The summed E-state index contributed by atoms with van der Waals surface area (Å²) >= 11 is 0. The third-order valence-corrected chi connectivity index (χ3v) is 5.64. The number of nitrogens with one attached hydrogen (secondary N) is 1. The number of hydrogen-bond donors (Lipinski definition) is 1. The van der Waals surface area contributed by atoms with Gasteiger partial charge in [0.1, 0.15) is 11.5 Å². The van der Waals surface area contributed by atoms with E-state index in [-0.39, 0.29) is 0 Å². The molecule has 2 fully saturated rings. The molecule has 24 heavy (non-hydrogen) atoms. The fourth-order valence-electron chi connectivity index (χ4n) is 3.86. The number of nitrogens with zero attached hydrogens (tertiary/aromatic N) is 1. The fourth-order valence-corrected chi connectivity index (χ4v) is 3.86. The highest BCUT2D eigenvalue weighted by molar-refractivity contribution is 5.40. The Morgan fingerprint density at radius 2 is 2.04 bits per heavy atom. The zero-order valence-electron chi connectivity index (χ0n) is 15.4. The first-order valence-electron chi connectivity index (χ1n) is 9.37. The highest BCUT2D eigenvalue weighted by atomic mass is 16.5. The first kappa shape index (κ1) is 17.6. The second-order valence-electron chi connectivity index (χ2n) is 7.40. The van der Waals surface area contributed by atoms with Crippen LogP contribution in [0, 0.1) is 11.8 Å². The molecule has 1 aromatic rings. The van der Waals surface area contributed by atoms with Crippen LogP contribution in [0.1, 0.15) is 38.2 Å². The van der Waals surface area contributed by atoms with E-state index >= 15 is 0 Å². The maximum absolute atomic E-state index is 5.62. The van der Waals surface area contributed by atoms with Gasteiger partial charge >= 0.3 is 0 Å². The summed E-state index contributed by atoms with van der Waals surface area (Å²) in [5.74, 6) is 3.44. The lowest BCUT2D eigenvalue weighted by molar-refractivity contribution is 0.139. The summed E-state index contributed by atoms with van der Waals surface area (Å²) in [5, 5.41) is 3.56.